The van der Waals surface area contributed by atoms with Crippen molar-refractivity contribution in [1.82, 2.24) is 14.5 Å². The molecule has 0 aliphatic heterocycles. The molecule has 0 aliphatic carbocycles. The van der Waals surface area contributed by atoms with Gasteiger partial charge in [-0.1, -0.05) is 0 Å². The summed E-state index contributed by atoms with van der Waals surface area (Å²) in [5, 5.41) is 9.06. The second-order valence-corrected chi connectivity index (χ2v) is 3.31. The molecule has 1 unspecified atom stereocenters. The number of aromatic nitrogens is 2. The zero-order valence-corrected chi connectivity index (χ0v) is 8.42. The first kappa shape index (κ1) is 10.7. The lowest BCUT2D eigenvalue weighted by atomic mass is 10.3. The van der Waals surface area contributed by atoms with Gasteiger partial charge in [-0.2, -0.15) is 0 Å². The molecule has 0 spiro atoms. The molecule has 1 rings (SSSR count). The number of nitrogens with zero attached hydrogens (tertiary/aromatic N) is 3. The fourth-order valence-electron chi connectivity index (χ4n) is 1.05. The van der Waals surface area contributed by atoms with Crippen molar-refractivity contribution in [3.05, 3.63) is 18.7 Å². The standard InChI is InChI=1S/C9H15N3O2/c1-8(13)3-5-11(2)9(14)12-6-4-10-7-12/h4,6-8,13H,3,5H2,1-2H3. The molecule has 1 atom stereocenters. The molecule has 5 nitrogen and oxygen atoms in total. The highest BCUT2D eigenvalue weighted by molar-refractivity contribution is 5.76. The quantitative estimate of drug-likeness (QED) is 0.770. The number of aliphatic hydroxyl groups excluding tert-OH is 1. The van der Waals surface area contributed by atoms with E-state index in [0.717, 1.165) is 0 Å². The first-order chi connectivity index (χ1) is 6.61. The molecule has 0 aromatic carbocycles. The Kier molecular flexibility index (Phi) is 3.64. The molecular formula is C9H15N3O2. The maximum absolute atomic E-state index is 11.6. The van der Waals surface area contributed by atoms with Gasteiger partial charge < -0.3 is 10.0 Å². The first-order valence-electron chi connectivity index (χ1n) is 4.52. The van der Waals surface area contributed by atoms with Crippen LogP contribution in [0.4, 0.5) is 4.79 Å². The number of carbonyl (C=O) groups is 1. The van der Waals surface area contributed by atoms with Gasteiger partial charge in [-0.05, 0) is 13.3 Å². The molecule has 0 aliphatic rings. The SMILES string of the molecule is CC(O)CCN(C)C(=O)n1ccnc1. The Hall–Kier alpha value is -1.36. The summed E-state index contributed by atoms with van der Waals surface area (Å²) in [5.74, 6) is 0. The van der Waals surface area contributed by atoms with Crippen LogP contribution in [0.5, 0.6) is 0 Å². The third-order valence-corrected chi connectivity index (χ3v) is 1.93. The molecular weight excluding hydrogens is 182 g/mol. The van der Waals surface area contributed by atoms with E-state index < -0.39 is 0 Å². The summed E-state index contributed by atoms with van der Waals surface area (Å²) in [6, 6.07) is -0.136. The van der Waals surface area contributed by atoms with Crippen LogP contribution >= 0.6 is 0 Å². The minimum absolute atomic E-state index is 0.136. The van der Waals surface area contributed by atoms with Gasteiger partial charge >= 0.3 is 6.03 Å². The third-order valence-electron chi connectivity index (χ3n) is 1.93. The number of amides is 1. The predicted octanol–water partition coefficient (Wildman–Crippen LogP) is 0.554. The van der Waals surface area contributed by atoms with Crippen LogP contribution < -0.4 is 0 Å². The second-order valence-electron chi connectivity index (χ2n) is 3.31. The van der Waals surface area contributed by atoms with Gasteiger partial charge in [0.2, 0.25) is 0 Å². The lowest BCUT2D eigenvalue weighted by molar-refractivity contribution is 0.164. The summed E-state index contributed by atoms with van der Waals surface area (Å²) in [7, 11) is 1.70. The molecule has 78 valence electrons. The molecule has 1 heterocycles. The maximum Gasteiger partial charge on any atom is 0.329 e. The molecule has 14 heavy (non-hydrogen) atoms. The number of rotatable bonds is 3. The Bertz CT molecular complexity index is 282. The lowest BCUT2D eigenvalue weighted by Crippen LogP contribution is -2.32. The van der Waals surface area contributed by atoms with Crippen LogP contribution in [0.15, 0.2) is 18.7 Å². The molecule has 0 bridgehead atoms. The molecule has 1 amide bonds. The molecule has 5 heteroatoms. The van der Waals surface area contributed by atoms with E-state index in [9.17, 15) is 4.79 Å². The number of carbonyl (C=O) groups excluding carboxylic acids is 1. The molecule has 1 N–H and O–H groups in total. The minimum atomic E-state index is -0.381. The number of hydrogen-bond acceptors (Lipinski definition) is 3. The van der Waals surface area contributed by atoms with E-state index in [1.54, 1.807) is 31.3 Å². The Labute approximate surface area is 83.0 Å². The van der Waals surface area contributed by atoms with Crippen molar-refractivity contribution in [2.45, 2.75) is 19.4 Å². The van der Waals surface area contributed by atoms with Gasteiger partial charge in [-0.25, -0.2) is 9.78 Å². The molecule has 0 radical (unpaired) electrons. The molecule has 0 saturated heterocycles. The summed E-state index contributed by atoms with van der Waals surface area (Å²) in [6.45, 7) is 2.24. The van der Waals surface area contributed by atoms with Crippen molar-refractivity contribution in [1.29, 1.82) is 0 Å². The van der Waals surface area contributed by atoms with Crippen molar-refractivity contribution < 1.29 is 9.90 Å². The van der Waals surface area contributed by atoms with Gasteiger partial charge in [-0.3, -0.25) is 4.57 Å². The smallest absolute Gasteiger partial charge is 0.329 e. The van der Waals surface area contributed by atoms with E-state index in [-0.39, 0.29) is 12.1 Å². The zero-order valence-electron chi connectivity index (χ0n) is 8.42. The van der Waals surface area contributed by atoms with E-state index in [0.29, 0.717) is 13.0 Å². The highest BCUT2D eigenvalue weighted by Crippen LogP contribution is 1.97. The van der Waals surface area contributed by atoms with Crippen LogP contribution in [0.25, 0.3) is 0 Å². The van der Waals surface area contributed by atoms with Crippen LogP contribution in [0, 0.1) is 0 Å². The predicted molar refractivity (Wildman–Crippen MR) is 51.9 cm³/mol. The van der Waals surface area contributed by atoms with Gasteiger partial charge in [-0.15, -0.1) is 0 Å². The van der Waals surface area contributed by atoms with Crippen molar-refractivity contribution in [2.75, 3.05) is 13.6 Å². The highest BCUT2D eigenvalue weighted by Gasteiger charge is 2.10. The van der Waals surface area contributed by atoms with Gasteiger partial charge in [0.1, 0.15) is 6.33 Å². The van der Waals surface area contributed by atoms with Crippen molar-refractivity contribution in [3.8, 4) is 0 Å². The van der Waals surface area contributed by atoms with Gasteiger partial charge in [0.05, 0.1) is 6.10 Å². The summed E-state index contributed by atoms with van der Waals surface area (Å²) in [4.78, 5) is 16.9. The van der Waals surface area contributed by atoms with Crippen LogP contribution in [0.2, 0.25) is 0 Å². The lowest BCUT2D eigenvalue weighted by Gasteiger charge is -2.17. The molecule has 1 aromatic heterocycles. The summed E-state index contributed by atoms with van der Waals surface area (Å²) in [6.07, 6.45) is 4.81. The zero-order chi connectivity index (χ0) is 10.6. The summed E-state index contributed by atoms with van der Waals surface area (Å²) < 4.78 is 1.40. The van der Waals surface area contributed by atoms with Crippen molar-refractivity contribution in [2.24, 2.45) is 0 Å². The highest BCUT2D eigenvalue weighted by atomic mass is 16.3. The summed E-state index contributed by atoms with van der Waals surface area (Å²) >= 11 is 0. The fourth-order valence-corrected chi connectivity index (χ4v) is 1.05. The van der Waals surface area contributed by atoms with Gasteiger partial charge in [0.15, 0.2) is 0 Å². The van der Waals surface area contributed by atoms with Crippen LogP contribution in [0.3, 0.4) is 0 Å². The summed E-state index contributed by atoms with van der Waals surface area (Å²) in [5.41, 5.74) is 0. The van der Waals surface area contributed by atoms with Crippen LogP contribution in [-0.4, -0.2) is 45.3 Å². The minimum Gasteiger partial charge on any atom is -0.393 e. The van der Waals surface area contributed by atoms with E-state index in [2.05, 4.69) is 4.98 Å². The monoisotopic (exact) mass is 197 g/mol. The number of aliphatic hydroxyl groups is 1. The van der Waals surface area contributed by atoms with E-state index in [1.165, 1.54) is 10.9 Å². The van der Waals surface area contributed by atoms with Gasteiger partial charge in [0.25, 0.3) is 0 Å². The Balaban J connectivity index is 2.45. The van der Waals surface area contributed by atoms with Crippen LogP contribution in [0.1, 0.15) is 13.3 Å². The average molecular weight is 197 g/mol. The largest absolute Gasteiger partial charge is 0.393 e. The number of imidazole rings is 1. The van der Waals surface area contributed by atoms with Crippen molar-refractivity contribution in [3.63, 3.8) is 0 Å². The topological polar surface area (TPSA) is 58.4 Å². The molecule has 0 fully saturated rings. The fraction of sp³-hybridized carbons (Fsp3) is 0.556. The normalized spacial score (nSPS) is 12.5. The van der Waals surface area contributed by atoms with Crippen molar-refractivity contribution >= 4 is 6.03 Å². The van der Waals surface area contributed by atoms with Gasteiger partial charge in [0, 0.05) is 26.0 Å². The third kappa shape index (κ3) is 2.85. The van der Waals surface area contributed by atoms with Crippen LogP contribution in [-0.2, 0) is 0 Å². The Morgan fingerprint density at radius 1 is 1.71 bits per heavy atom. The molecule has 0 saturated carbocycles. The first-order valence-corrected chi connectivity index (χ1v) is 4.52. The second kappa shape index (κ2) is 4.76. The Morgan fingerprint density at radius 2 is 2.43 bits per heavy atom. The van der Waals surface area contributed by atoms with E-state index >= 15 is 0 Å². The maximum atomic E-state index is 11.6. The van der Waals surface area contributed by atoms with E-state index in [4.69, 9.17) is 5.11 Å². The van der Waals surface area contributed by atoms with E-state index in [1.807, 2.05) is 0 Å². The number of hydrogen-bond donors (Lipinski definition) is 1. The molecule has 1 aromatic rings. The average Bonchev–Trinajstić information content (AvgIpc) is 2.65. The Morgan fingerprint density at radius 3 is 2.93 bits per heavy atom.